The van der Waals surface area contributed by atoms with Crippen molar-refractivity contribution < 1.29 is 12.8 Å². The summed E-state index contributed by atoms with van der Waals surface area (Å²) in [5.74, 6) is 0. The van der Waals surface area contributed by atoms with Gasteiger partial charge in [0.05, 0.1) is 17.4 Å². The Balaban J connectivity index is 2.32. The fraction of sp³-hybridized carbons (Fsp3) is 0.231. The van der Waals surface area contributed by atoms with Gasteiger partial charge in [0.1, 0.15) is 0 Å². The van der Waals surface area contributed by atoms with Gasteiger partial charge in [0.15, 0.2) is 0 Å². The first kappa shape index (κ1) is 13.6. The van der Waals surface area contributed by atoms with Gasteiger partial charge in [0.25, 0.3) is 0 Å². The van der Waals surface area contributed by atoms with Gasteiger partial charge >= 0.3 is 0 Å². The Morgan fingerprint density at radius 2 is 2.00 bits per heavy atom. The lowest BCUT2D eigenvalue weighted by Gasteiger charge is -2.13. The number of nitrogens with two attached hydrogens (primary N) is 1. The van der Waals surface area contributed by atoms with Gasteiger partial charge in [0.2, 0.25) is 10.0 Å². The predicted molar refractivity (Wildman–Crippen MR) is 73.1 cm³/mol. The second-order valence-electron chi connectivity index (χ2n) is 4.38. The summed E-state index contributed by atoms with van der Waals surface area (Å²) in [5.41, 5.74) is 8.24. The van der Waals surface area contributed by atoms with Crippen LogP contribution in [0.25, 0.3) is 0 Å². The Kier molecular flexibility index (Phi) is 3.64. The zero-order valence-electron chi connectivity index (χ0n) is 10.8. The molecule has 1 heterocycles. The van der Waals surface area contributed by atoms with Crippen LogP contribution in [-0.2, 0) is 16.6 Å². The topological polar surface area (TPSA) is 85.3 Å². The molecule has 0 radical (unpaired) electrons. The lowest BCUT2D eigenvalue weighted by molar-refractivity contribution is 0.561. The van der Waals surface area contributed by atoms with Crippen LogP contribution in [-0.4, -0.2) is 8.42 Å². The summed E-state index contributed by atoms with van der Waals surface area (Å²) in [6, 6.07) is 5.12. The number of nitrogen functional groups attached to an aromatic ring is 1. The minimum Gasteiger partial charge on any atom is -0.472 e. The summed E-state index contributed by atoms with van der Waals surface area (Å²) >= 11 is 0. The molecule has 102 valence electrons. The number of furan rings is 1. The molecule has 0 bridgehead atoms. The minimum atomic E-state index is -3.59. The van der Waals surface area contributed by atoms with Crippen molar-refractivity contribution in [2.24, 2.45) is 0 Å². The second-order valence-corrected chi connectivity index (χ2v) is 6.09. The van der Waals surface area contributed by atoms with Gasteiger partial charge in [-0.15, -0.1) is 0 Å². The van der Waals surface area contributed by atoms with Crippen LogP contribution in [0.5, 0.6) is 0 Å². The molecule has 0 saturated carbocycles. The number of aryl methyl sites for hydroxylation is 1. The predicted octanol–water partition coefficient (Wildman–Crippen LogP) is 1.96. The van der Waals surface area contributed by atoms with Gasteiger partial charge in [-0.1, -0.05) is 6.07 Å². The number of benzene rings is 1. The molecule has 1 aromatic heterocycles. The molecular formula is C13H16N2O3S. The summed E-state index contributed by atoms with van der Waals surface area (Å²) in [6.45, 7) is 3.64. The number of rotatable bonds is 4. The lowest BCUT2D eigenvalue weighted by Crippen LogP contribution is -2.25. The van der Waals surface area contributed by atoms with Gasteiger partial charge < -0.3 is 10.2 Å². The number of sulfonamides is 1. The zero-order valence-corrected chi connectivity index (χ0v) is 11.6. The molecule has 2 rings (SSSR count). The van der Waals surface area contributed by atoms with Crippen molar-refractivity contribution in [1.29, 1.82) is 0 Å². The molecule has 1 aromatic carbocycles. The Morgan fingerprint density at radius 1 is 1.26 bits per heavy atom. The zero-order chi connectivity index (χ0) is 14.0. The third-order valence-electron chi connectivity index (χ3n) is 2.96. The fourth-order valence-corrected chi connectivity index (χ4v) is 3.41. The van der Waals surface area contributed by atoms with E-state index < -0.39 is 10.0 Å². The monoisotopic (exact) mass is 280 g/mol. The van der Waals surface area contributed by atoms with Crippen LogP contribution < -0.4 is 10.5 Å². The SMILES string of the molecule is Cc1ccc(N)c(C)c1S(=O)(=O)NCc1ccoc1. The summed E-state index contributed by atoms with van der Waals surface area (Å²) in [6.07, 6.45) is 3.00. The normalized spacial score (nSPS) is 11.7. The molecule has 0 spiro atoms. The molecule has 0 aliphatic carbocycles. The molecule has 5 nitrogen and oxygen atoms in total. The smallest absolute Gasteiger partial charge is 0.241 e. The standard InChI is InChI=1S/C13H16N2O3S/c1-9-3-4-12(14)10(2)13(9)19(16,17)15-7-11-5-6-18-8-11/h3-6,8,15H,7,14H2,1-2H3. The van der Waals surface area contributed by atoms with E-state index in [0.29, 0.717) is 16.8 Å². The van der Waals surface area contributed by atoms with E-state index in [0.717, 1.165) is 5.56 Å². The van der Waals surface area contributed by atoms with Crippen molar-refractivity contribution in [3.63, 3.8) is 0 Å². The van der Waals surface area contributed by atoms with Crippen molar-refractivity contribution >= 4 is 15.7 Å². The van der Waals surface area contributed by atoms with E-state index in [2.05, 4.69) is 4.72 Å². The third kappa shape index (κ3) is 2.80. The lowest BCUT2D eigenvalue weighted by atomic mass is 10.1. The van der Waals surface area contributed by atoms with E-state index in [-0.39, 0.29) is 11.4 Å². The number of anilines is 1. The van der Waals surface area contributed by atoms with Gasteiger partial charge in [-0.3, -0.25) is 0 Å². The highest BCUT2D eigenvalue weighted by atomic mass is 32.2. The van der Waals surface area contributed by atoms with Gasteiger partial charge in [0, 0.05) is 17.8 Å². The first-order chi connectivity index (χ1) is 8.92. The van der Waals surface area contributed by atoms with E-state index in [4.69, 9.17) is 10.2 Å². The van der Waals surface area contributed by atoms with E-state index in [1.54, 1.807) is 32.0 Å². The third-order valence-corrected chi connectivity index (χ3v) is 4.65. The summed E-state index contributed by atoms with van der Waals surface area (Å²) < 4.78 is 32.1. The van der Waals surface area contributed by atoms with E-state index in [1.807, 2.05) is 0 Å². The van der Waals surface area contributed by atoms with E-state index in [9.17, 15) is 8.42 Å². The van der Waals surface area contributed by atoms with Crippen molar-refractivity contribution in [3.8, 4) is 0 Å². The highest BCUT2D eigenvalue weighted by Crippen LogP contribution is 2.24. The van der Waals surface area contributed by atoms with Gasteiger partial charge in [-0.25, -0.2) is 13.1 Å². The number of nitrogens with one attached hydrogen (secondary N) is 1. The largest absolute Gasteiger partial charge is 0.472 e. The molecular weight excluding hydrogens is 264 g/mol. The van der Waals surface area contributed by atoms with Crippen LogP contribution >= 0.6 is 0 Å². The van der Waals surface area contributed by atoms with Crippen molar-refractivity contribution in [1.82, 2.24) is 4.72 Å². The van der Waals surface area contributed by atoms with Crippen LogP contribution in [0.1, 0.15) is 16.7 Å². The average Bonchev–Trinajstić information content (AvgIpc) is 2.85. The molecule has 0 amide bonds. The first-order valence-corrected chi connectivity index (χ1v) is 7.26. The molecule has 0 aliphatic heterocycles. The Bertz CT molecular complexity index is 676. The van der Waals surface area contributed by atoms with Gasteiger partial charge in [-0.05, 0) is 37.1 Å². The van der Waals surface area contributed by atoms with Crippen molar-refractivity contribution in [2.75, 3.05) is 5.73 Å². The molecule has 19 heavy (non-hydrogen) atoms. The minimum absolute atomic E-state index is 0.187. The molecule has 0 saturated heterocycles. The van der Waals surface area contributed by atoms with E-state index >= 15 is 0 Å². The van der Waals surface area contributed by atoms with Gasteiger partial charge in [-0.2, -0.15) is 0 Å². The molecule has 3 N–H and O–H groups in total. The van der Waals surface area contributed by atoms with E-state index in [1.165, 1.54) is 12.5 Å². The van der Waals surface area contributed by atoms with Crippen LogP contribution in [0, 0.1) is 13.8 Å². The second kappa shape index (κ2) is 5.07. The maximum absolute atomic E-state index is 12.3. The molecule has 0 fully saturated rings. The summed E-state index contributed by atoms with van der Waals surface area (Å²) in [7, 11) is -3.59. The Hall–Kier alpha value is -1.79. The van der Waals surface area contributed by atoms with Crippen LogP contribution in [0.4, 0.5) is 5.69 Å². The highest BCUT2D eigenvalue weighted by Gasteiger charge is 2.20. The quantitative estimate of drug-likeness (QED) is 0.838. The maximum Gasteiger partial charge on any atom is 0.241 e. The van der Waals surface area contributed by atoms with Crippen LogP contribution in [0.2, 0.25) is 0 Å². The summed E-state index contributed by atoms with van der Waals surface area (Å²) in [5, 5.41) is 0. The molecule has 0 aliphatic rings. The van der Waals surface area contributed by atoms with Crippen LogP contribution in [0.15, 0.2) is 40.0 Å². The number of hydrogen-bond acceptors (Lipinski definition) is 4. The van der Waals surface area contributed by atoms with Crippen molar-refractivity contribution in [3.05, 3.63) is 47.4 Å². The first-order valence-electron chi connectivity index (χ1n) is 5.78. The average molecular weight is 280 g/mol. The van der Waals surface area contributed by atoms with Crippen LogP contribution in [0.3, 0.4) is 0 Å². The Morgan fingerprint density at radius 3 is 2.63 bits per heavy atom. The molecule has 2 aromatic rings. The highest BCUT2D eigenvalue weighted by molar-refractivity contribution is 7.89. The fourth-order valence-electron chi connectivity index (χ4n) is 1.90. The Labute approximate surface area is 112 Å². The molecule has 6 heteroatoms. The molecule has 0 atom stereocenters. The summed E-state index contributed by atoms with van der Waals surface area (Å²) in [4.78, 5) is 0.246. The van der Waals surface area contributed by atoms with Crippen molar-refractivity contribution in [2.45, 2.75) is 25.3 Å². The number of hydrogen-bond donors (Lipinski definition) is 2. The maximum atomic E-state index is 12.3. The molecule has 0 unspecified atom stereocenters.